The molecule has 3 amide bonds. The molecular weight excluding hydrogens is 513 g/mol. The molecule has 0 aromatic heterocycles. The minimum atomic E-state index is -0.941. The van der Waals surface area contributed by atoms with Gasteiger partial charge >= 0.3 is 0 Å². The van der Waals surface area contributed by atoms with Crippen molar-refractivity contribution in [2.24, 2.45) is 11.8 Å². The lowest BCUT2D eigenvalue weighted by molar-refractivity contribution is -0.128. The van der Waals surface area contributed by atoms with Gasteiger partial charge in [-0.3, -0.25) is 14.4 Å². The zero-order valence-electron chi connectivity index (χ0n) is 19.6. The third kappa shape index (κ3) is 3.69. The second-order valence-corrected chi connectivity index (χ2v) is 10.0. The number of hydrogen-bond acceptors (Lipinski definition) is 5. The summed E-state index contributed by atoms with van der Waals surface area (Å²) in [6.07, 6.45) is 3.70. The molecule has 0 unspecified atom stereocenters. The van der Waals surface area contributed by atoms with Crippen LogP contribution in [0, 0.1) is 11.8 Å². The predicted molar refractivity (Wildman–Crippen MR) is 141 cm³/mol. The number of amides is 3. The zero-order valence-corrected chi connectivity index (χ0v) is 21.1. The molecule has 6 rings (SSSR count). The Labute approximate surface area is 223 Å². The normalized spacial score (nSPS) is 23.5. The van der Waals surface area contributed by atoms with Crippen LogP contribution in [0.4, 0.5) is 11.4 Å². The van der Waals surface area contributed by atoms with Crippen LogP contribution in [0.2, 0.25) is 10.0 Å². The first-order valence-electron chi connectivity index (χ1n) is 11.7. The highest BCUT2D eigenvalue weighted by Crippen LogP contribution is 2.53. The van der Waals surface area contributed by atoms with Crippen LogP contribution in [0.1, 0.15) is 17.2 Å². The standard InChI is InChI=1S/C28H21Cl2N3O4/c1-37-21-10-9-17(30)14-20(21)31-26(34)25-23-22(24-19-8-3-2-5-15(19)11-12-32(24)25)27(35)33(28(23)36)18-7-4-6-16(29)13-18/h2-14,22-25H,1H3,(H,31,34)/t22-,23-,24-,25+/m1/s1. The minimum absolute atomic E-state index is 0.354. The van der Waals surface area contributed by atoms with Crippen molar-refractivity contribution in [3.8, 4) is 5.75 Å². The number of methoxy groups -OCH3 is 1. The van der Waals surface area contributed by atoms with E-state index in [4.69, 9.17) is 27.9 Å². The number of nitrogens with zero attached hydrogens (tertiary/aromatic N) is 2. The Hall–Kier alpha value is -3.81. The Morgan fingerprint density at radius 2 is 1.68 bits per heavy atom. The molecule has 2 saturated heterocycles. The number of halogens is 2. The molecule has 3 aromatic carbocycles. The van der Waals surface area contributed by atoms with Crippen LogP contribution >= 0.6 is 23.2 Å². The molecule has 186 valence electrons. The van der Waals surface area contributed by atoms with Gasteiger partial charge in [-0.1, -0.05) is 53.5 Å². The fourth-order valence-electron chi connectivity index (χ4n) is 5.71. The average Bonchev–Trinajstić information content (AvgIpc) is 3.36. The van der Waals surface area contributed by atoms with Crippen molar-refractivity contribution in [1.29, 1.82) is 0 Å². The summed E-state index contributed by atoms with van der Waals surface area (Å²) < 4.78 is 5.39. The van der Waals surface area contributed by atoms with E-state index in [1.54, 1.807) is 48.7 Å². The van der Waals surface area contributed by atoms with Crippen molar-refractivity contribution in [2.75, 3.05) is 17.3 Å². The molecule has 3 aliphatic heterocycles. The summed E-state index contributed by atoms with van der Waals surface area (Å²) in [6.45, 7) is 0. The van der Waals surface area contributed by atoms with Gasteiger partial charge in [0, 0.05) is 16.2 Å². The van der Waals surface area contributed by atoms with E-state index >= 15 is 0 Å². The average molecular weight is 534 g/mol. The molecule has 0 saturated carbocycles. The summed E-state index contributed by atoms with van der Waals surface area (Å²) in [6, 6.07) is 17.8. The molecule has 2 fully saturated rings. The number of carbonyl (C=O) groups is 3. The number of carbonyl (C=O) groups excluding carboxylic acids is 3. The summed E-state index contributed by atoms with van der Waals surface area (Å²) in [5.74, 6) is -2.45. The molecule has 9 heteroatoms. The highest BCUT2D eigenvalue weighted by Gasteiger charge is 2.64. The van der Waals surface area contributed by atoms with Gasteiger partial charge in [-0.2, -0.15) is 0 Å². The molecule has 1 N–H and O–H groups in total. The fourth-order valence-corrected chi connectivity index (χ4v) is 6.07. The molecule has 0 spiro atoms. The molecule has 4 atom stereocenters. The quantitative estimate of drug-likeness (QED) is 0.469. The van der Waals surface area contributed by atoms with Gasteiger partial charge < -0.3 is 15.0 Å². The first kappa shape index (κ1) is 23.6. The largest absolute Gasteiger partial charge is 0.495 e. The third-order valence-corrected chi connectivity index (χ3v) is 7.69. The molecular formula is C28H21Cl2N3O4. The van der Waals surface area contributed by atoms with Crippen LogP contribution in [0.3, 0.4) is 0 Å². The van der Waals surface area contributed by atoms with Gasteiger partial charge in [0.1, 0.15) is 11.8 Å². The van der Waals surface area contributed by atoms with Crippen LogP contribution < -0.4 is 15.0 Å². The maximum atomic E-state index is 13.9. The Kier molecular flexibility index (Phi) is 5.70. The molecule has 0 bridgehead atoms. The maximum absolute atomic E-state index is 13.9. The fraction of sp³-hybridized carbons (Fsp3) is 0.179. The van der Waals surface area contributed by atoms with Crippen LogP contribution in [0.15, 0.2) is 72.9 Å². The van der Waals surface area contributed by atoms with Crippen molar-refractivity contribution >= 4 is 58.4 Å². The van der Waals surface area contributed by atoms with Crippen molar-refractivity contribution in [3.63, 3.8) is 0 Å². The van der Waals surface area contributed by atoms with Gasteiger partial charge in [-0.05, 0) is 53.6 Å². The van der Waals surface area contributed by atoms with Crippen LogP contribution in [-0.2, 0) is 14.4 Å². The molecule has 7 nitrogen and oxygen atoms in total. The van der Waals surface area contributed by atoms with Gasteiger partial charge in [-0.25, -0.2) is 4.90 Å². The zero-order chi connectivity index (χ0) is 25.8. The van der Waals surface area contributed by atoms with Gasteiger partial charge in [-0.15, -0.1) is 0 Å². The first-order valence-corrected chi connectivity index (χ1v) is 12.5. The van der Waals surface area contributed by atoms with Crippen LogP contribution in [-0.4, -0.2) is 35.8 Å². The van der Waals surface area contributed by atoms with E-state index in [-0.39, 0.29) is 5.91 Å². The first-order chi connectivity index (χ1) is 17.9. The van der Waals surface area contributed by atoms with Crippen LogP contribution in [0.25, 0.3) is 6.08 Å². The van der Waals surface area contributed by atoms with Crippen molar-refractivity contribution in [1.82, 2.24) is 4.90 Å². The van der Waals surface area contributed by atoms with E-state index in [0.29, 0.717) is 27.2 Å². The number of hydrogen-bond donors (Lipinski definition) is 1. The maximum Gasteiger partial charge on any atom is 0.248 e. The number of ether oxygens (including phenoxy) is 1. The topological polar surface area (TPSA) is 79.0 Å². The SMILES string of the molecule is COc1ccc(Cl)cc1NC(=O)[C@@H]1[C@@H]2C(=O)N(c3cccc(Cl)c3)C(=O)[C@H]2[C@H]2c3ccccc3C=CN12. The number of fused-ring (bicyclic) bond motifs is 5. The van der Waals surface area contributed by atoms with Crippen molar-refractivity contribution < 1.29 is 19.1 Å². The van der Waals surface area contributed by atoms with Gasteiger partial charge in [0.05, 0.1) is 36.4 Å². The highest BCUT2D eigenvalue weighted by atomic mass is 35.5. The lowest BCUT2D eigenvalue weighted by atomic mass is 9.84. The second-order valence-electron chi connectivity index (χ2n) is 9.16. The Morgan fingerprint density at radius 1 is 0.919 bits per heavy atom. The van der Waals surface area contributed by atoms with Crippen molar-refractivity contribution in [2.45, 2.75) is 12.1 Å². The predicted octanol–water partition coefficient (Wildman–Crippen LogP) is 5.16. The van der Waals surface area contributed by atoms with Crippen LogP contribution in [0.5, 0.6) is 5.75 Å². The van der Waals surface area contributed by atoms with E-state index < -0.39 is 35.7 Å². The lowest BCUT2D eigenvalue weighted by Gasteiger charge is -2.35. The van der Waals surface area contributed by atoms with Gasteiger partial charge in [0.25, 0.3) is 0 Å². The van der Waals surface area contributed by atoms with E-state index in [1.807, 2.05) is 35.2 Å². The van der Waals surface area contributed by atoms with Gasteiger partial charge in [0.2, 0.25) is 17.7 Å². The van der Waals surface area contributed by atoms with Crippen molar-refractivity contribution in [3.05, 3.63) is 94.1 Å². The molecule has 3 aliphatic rings. The number of nitrogens with one attached hydrogen (secondary N) is 1. The van der Waals surface area contributed by atoms with E-state index in [1.165, 1.54) is 12.0 Å². The summed E-state index contributed by atoms with van der Waals surface area (Å²) in [7, 11) is 1.49. The molecule has 3 heterocycles. The monoisotopic (exact) mass is 533 g/mol. The summed E-state index contributed by atoms with van der Waals surface area (Å²) in [5, 5.41) is 3.71. The summed E-state index contributed by atoms with van der Waals surface area (Å²) in [5.41, 5.74) is 2.61. The Bertz CT molecular complexity index is 1490. The molecule has 3 aromatic rings. The highest BCUT2D eigenvalue weighted by molar-refractivity contribution is 6.32. The molecule has 37 heavy (non-hydrogen) atoms. The number of anilines is 2. The molecule has 0 aliphatic carbocycles. The Morgan fingerprint density at radius 3 is 2.46 bits per heavy atom. The second kappa shape index (κ2) is 8.94. The van der Waals surface area contributed by atoms with E-state index in [0.717, 1.165) is 11.1 Å². The molecule has 0 radical (unpaired) electrons. The van der Waals surface area contributed by atoms with E-state index in [2.05, 4.69) is 5.32 Å². The smallest absolute Gasteiger partial charge is 0.248 e. The minimum Gasteiger partial charge on any atom is -0.495 e. The number of imide groups is 1. The van der Waals surface area contributed by atoms with E-state index in [9.17, 15) is 14.4 Å². The lowest BCUT2D eigenvalue weighted by Crippen LogP contribution is -2.46. The third-order valence-electron chi connectivity index (χ3n) is 7.22. The number of rotatable bonds is 4. The summed E-state index contributed by atoms with van der Waals surface area (Å²) in [4.78, 5) is 44.6. The Balaban J connectivity index is 1.45. The summed E-state index contributed by atoms with van der Waals surface area (Å²) >= 11 is 12.3. The van der Waals surface area contributed by atoms with Gasteiger partial charge in [0.15, 0.2) is 0 Å². The number of benzene rings is 3.